The summed E-state index contributed by atoms with van der Waals surface area (Å²) in [5, 5.41) is 0. The van der Waals surface area contributed by atoms with E-state index in [2.05, 4.69) is 18.6 Å². The van der Waals surface area contributed by atoms with Gasteiger partial charge in [-0.05, 0) is 41.3 Å². The van der Waals surface area contributed by atoms with Crippen molar-refractivity contribution in [1.29, 1.82) is 0 Å². The van der Waals surface area contributed by atoms with Crippen LogP contribution in [0.15, 0.2) is 53.4 Å². The largest absolute Gasteiger partial charge is 0.349 e. The minimum Gasteiger partial charge on any atom is -0.349 e. The number of carbonyl (C=O) groups excluding carboxylic acids is 1. The molecule has 1 N–H and O–H groups in total. The molecule has 2 aromatic carbocycles. The number of likely N-dealkylation sites (N-methyl/N-ethyl adjacent to an activating group) is 1. The molecule has 0 saturated heterocycles. The van der Waals surface area contributed by atoms with Gasteiger partial charge in [0, 0.05) is 19.8 Å². The fourth-order valence-electron chi connectivity index (χ4n) is 2.27. The molecular weight excluding hydrogens is 336 g/mol. The molecule has 0 aromatic heterocycles. The van der Waals surface area contributed by atoms with Crippen LogP contribution in [0.5, 0.6) is 0 Å². The monoisotopic (exact) mass is 360 g/mol. The molecule has 134 valence electrons. The first-order chi connectivity index (χ1) is 11.7. The summed E-state index contributed by atoms with van der Waals surface area (Å²) in [5.74, 6) is 0.348. The number of benzene rings is 2. The van der Waals surface area contributed by atoms with Crippen molar-refractivity contribution >= 4 is 21.6 Å². The Labute approximate surface area is 149 Å². The van der Waals surface area contributed by atoms with Crippen LogP contribution in [0.4, 0.5) is 5.69 Å². The molecule has 0 unspecified atom stereocenters. The molecular formula is C19H24N2O3S. The van der Waals surface area contributed by atoms with Crippen LogP contribution in [0.1, 0.15) is 30.9 Å². The molecule has 0 spiro atoms. The lowest BCUT2D eigenvalue weighted by atomic mass is 10.0. The molecule has 0 heterocycles. The number of hydrogen-bond donors (Lipinski definition) is 1. The third-order valence-corrected chi connectivity index (χ3v) is 5.31. The Morgan fingerprint density at radius 2 is 1.56 bits per heavy atom. The lowest BCUT2D eigenvalue weighted by molar-refractivity contribution is -0.127. The highest BCUT2D eigenvalue weighted by atomic mass is 32.2. The molecule has 25 heavy (non-hydrogen) atoms. The van der Waals surface area contributed by atoms with Gasteiger partial charge < -0.3 is 4.90 Å². The first-order valence-corrected chi connectivity index (χ1v) is 9.59. The summed E-state index contributed by atoms with van der Waals surface area (Å²) < 4.78 is 27.5. The van der Waals surface area contributed by atoms with Gasteiger partial charge in [0.1, 0.15) is 0 Å². The minimum atomic E-state index is -3.63. The van der Waals surface area contributed by atoms with E-state index in [0.29, 0.717) is 11.6 Å². The van der Waals surface area contributed by atoms with Gasteiger partial charge >= 0.3 is 0 Å². The summed E-state index contributed by atoms with van der Waals surface area (Å²) in [6.07, 6.45) is 0.288. The van der Waals surface area contributed by atoms with Gasteiger partial charge in [-0.3, -0.25) is 9.52 Å². The minimum absolute atomic E-state index is 0.00132. The van der Waals surface area contributed by atoms with Crippen LogP contribution in [-0.2, 0) is 21.2 Å². The van der Waals surface area contributed by atoms with Crippen LogP contribution in [0.3, 0.4) is 0 Å². The van der Waals surface area contributed by atoms with Crippen LogP contribution in [0.2, 0.25) is 0 Å². The van der Waals surface area contributed by atoms with Gasteiger partial charge in [-0.15, -0.1) is 0 Å². The van der Waals surface area contributed by atoms with Gasteiger partial charge in [0.2, 0.25) is 5.91 Å². The molecule has 5 nitrogen and oxygen atoms in total. The maximum Gasteiger partial charge on any atom is 0.261 e. The number of sulfonamides is 1. The second-order valence-electron chi connectivity index (χ2n) is 6.49. The molecule has 0 radical (unpaired) electrons. The van der Waals surface area contributed by atoms with Crippen LogP contribution in [0.25, 0.3) is 0 Å². The number of rotatable bonds is 6. The Hall–Kier alpha value is -2.34. The fourth-order valence-corrected chi connectivity index (χ4v) is 3.33. The molecule has 6 heteroatoms. The number of anilines is 1. The smallest absolute Gasteiger partial charge is 0.261 e. The summed E-state index contributed by atoms with van der Waals surface area (Å²) in [6.45, 7) is 4.12. The Morgan fingerprint density at radius 1 is 1.00 bits per heavy atom. The fraction of sp³-hybridized carbons (Fsp3) is 0.316. The molecule has 0 aliphatic heterocycles. The molecule has 0 bridgehead atoms. The molecule has 2 aromatic rings. The number of amides is 1. The lowest BCUT2D eigenvalue weighted by Crippen LogP contribution is -2.23. The van der Waals surface area contributed by atoms with Gasteiger partial charge in [-0.2, -0.15) is 0 Å². The quantitative estimate of drug-likeness (QED) is 0.860. The van der Waals surface area contributed by atoms with E-state index in [0.717, 1.165) is 11.1 Å². The zero-order chi connectivity index (χ0) is 18.6. The van der Waals surface area contributed by atoms with Gasteiger partial charge in [-0.25, -0.2) is 8.42 Å². The van der Waals surface area contributed by atoms with Gasteiger partial charge in [-0.1, -0.05) is 38.1 Å². The molecule has 2 rings (SSSR count). The number of hydrogen-bond acceptors (Lipinski definition) is 3. The number of nitrogens with zero attached hydrogens (tertiary/aromatic N) is 1. The first kappa shape index (κ1) is 19.0. The van der Waals surface area contributed by atoms with Gasteiger partial charge in [0.25, 0.3) is 10.0 Å². The summed E-state index contributed by atoms with van der Waals surface area (Å²) in [4.78, 5) is 13.5. The summed E-state index contributed by atoms with van der Waals surface area (Å²) in [5.41, 5.74) is 2.39. The molecule has 0 saturated carbocycles. The van der Waals surface area contributed by atoms with Crippen LogP contribution >= 0.6 is 0 Å². The third kappa shape index (κ3) is 5.06. The second-order valence-corrected chi connectivity index (χ2v) is 8.17. The molecule has 0 fully saturated rings. The van der Waals surface area contributed by atoms with E-state index in [-0.39, 0.29) is 17.2 Å². The predicted molar refractivity (Wildman–Crippen MR) is 100 cm³/mol. The number of nitrogens with one attached hydrogen (secondary N) is 1. The SMILES string of the molecule is CC(C)c1ccc(S(=O)(=O)Nc2ccc(CC(=O)N(C)C)cc2)cc1. The Morgan fingerprint density at radius 3 is 2.04 bits per heavy atom. The van der Waals surface area contributed by atoms with E-state index in [1.807, 2.05) is 12.1 Å². The predicted octanol–water partition coefficient (Wildman–Crippen LogP) is 3.24. The third-order valence-electron chi connectivity index (χ3n) is 3.92. The highest BCUT2D eigenvalue weighted by Crippen LogP contribution is 2.20. The Balaban J connectivity index is 2.11. The van der Waals surface area contributed by atoms with Crippen molar-refractivity contribution in [2.45, 2.75) is 31.1 Å². The van der Waals surface area contributed by atoms with Crippen molar-refractivity contribution < 1.29 is 13.2 Å². The second kappa shape index (κ2) is 7.70. The Bertz CT molecular complexity index is 824. The van der Waals surface area contributed by atoms with Crippen molar-refractivity contribution in [3.8, 4) is 0 Å². The average Bonchev–Trinajstić information content (AvgIpc) is 2.56. The zero-order valence-electron chi connectivity index (χ0n) is 15.0. The number of carbonyl (C=O) groups is 1. The van der Waals surface area contributed by atoms with Crippen molar-refractivity contribution in [1.82, 2.24) is 4.90 Å². The van der Waals surface area contributed by atoms with Crippen molar-refractivity contribution in [3.63, 3.8) is 0 Å². The van der Waals surface area contributed by atoms with E-state index in [4.69, 9.17) is 0 Å². The highest BCUT2D eigenvalue weighted by molar-refractivity contribution is 7.92. The molecule has 0 aliphatic rings. The Kier molecular flexibility index (Phi) is 5.85. The van der Waals surface area contributed by atoms with E-state index in [1.165, 1.54) is 4.90 Å². The van der Waals surface area contributed by atoms with E-state index < -0.39 is 10.0 Å². The summed E-state index contributed by atoms with van der Waals surface area (Å²) in [6, 6.07) is 13.7. The topological polar surface area (TPSA) is 66.5 Å². The first-order valence-electron chi connectivity index (χ1n) is 8.11. The van der Waals surface area contributed by atoms with Crippen LogP contribution in [-0.4, -0.2) is 33.3 Å². The van der Waals surface area contributed by atoms with E-state index in [1.54, 1.807) is 50.5 Å². The van der Waals surface area contributed by atoms with Crippen molar-refractivity contribution in [2.75, 3.05) is 18.8 Å². The molecule has 0 atom stereocenters. The summed E-state index contributed by atoms with van der Waals surface area (Å²) in [7, 11) is -0.223. The molecule has 1 amide bonds. The van der Waals surface area contributed by atoms with Gasteiger partial charge in [0.15, 0.2) is 0 Å². The molecule has 0 aliphatic carbocycles. The van der Waals surface area contributed by atoms with Crippen LogP contribution in [0, 0.1) is 0 Å². The summed E-state index contributed by atoms with van der Waals surface area (Å²) >= 11 is 0. The maximum absolute atomic E-state index is 12.5. The van der Waals surface area contributed by atoms with Crippen LogP contribution < -0.4 is 4.72 Å². The average molecular weight is 360 g/mol. The normalized spacial score (nSPS) is 11.4. The highest BCUT2D eigenvalue weighted by Gasteiger charge is 2.14. The zero-order valence-corrected chi connectivity index (χ0v) is 15.8. The van der Waals surface area contributed by atoms with Crippen molar-refractivity contribution in [2.24, 2.45) is 0 Å². The maximum atomic E-state index is 12.5. The van der Waals surface area contributed by atoms with E-state index >= 15 is 0 Å². The van der Waals surface area contributed by atoms with Crippen molar-refractivity contribution in [3.05, 3.63) is 59.7 Å². The standard InChI is InChI=1S/C19H24N2O3S/c1-14(2)16-7-11-18(12-8-16)25(23,24)20-17-9-5-15(6-10-17)13-19(22)21(3)4/h5-12,14,20H,13H2,1-4H3. The van der Waals surface area contributed by atoms with Gasteiger partial charge in [0.05, 0.1) is 11.3 Å². The lowest BCUT2D eigenvalue weighted by Gasteiger charge is -2.12. The van der Waals surface area contributed by atoms with E-state index in [9.17, 15) is 13.2 Å².